The summed E-state index contributed by atoms with van der Waals surface area (Å²) < 4.78 is 0. The van der Waals surface area contributed by atoms with E-state index in [0.29, 0.717) is 5.92 Å². The zero-order valence-corrected chi connectivity index (χ0v) is 12.2. The summed E-state index contributed by atoms with van der Waals surface area (Å²) in [5.41, 5.74) is 3.28. The smallest absolute Gasteiger partial charge is 0.242 e. The summed E-state index contributed by atoms with van der Waals surface area (Å²) in [6.07, 6.45) is 0.964. The molecule has 3 heteroatoms. The minimum atomic E-state index is -0.174. The number of carbonyl (C=O) groups excluding carboxylic acids is 1. The number of aryl methyl sites for hydroxylation is 1. The molecule has 1 aliphatic rings. The van der Waals surface area contributed by atoms with Crippen molar-refractivity contribution in [2.45, 2.75) is 45.6 Å². The second-order valence-corrected chi connectivity index (χ2v) is 6.11. The van der Waals surface area contributed by atoms with Crippen molar-refractivity contribution < 1.29 is 4.79 Å². The first-order chi connectivity index (χ1) is 8.36. The maximum absolute atomic E-state index is 12.2. The Bertz CT molecular complexity index is 481. The van der Waals surface area contributed by atoms with Crippen LogP contribution >= 0.6 is 11.6 Å². The van der Waals surface area contributed by atoms with Gasteiger partial charge in [0.2, 0.25) is 5.91 Å². The molecule has 0 bridgehead atoms. The Hall–Kier alpha value is -1.02. The van der Waals surface area contributed by atoms with Crippen LogP contribution in [0, 0.1) is 6.92 Å². The molecular weight excluding hydrogens is 246 g/mol. The summed E-state index contributed by atoms with van der Waals surface area (Å²) in [6, 6.07) is 6.34. The predicted octanol–water partition coefficient (Wildman–Crippen LogP) is 3.85. The van der Waals surface area contributed by atoms with Crippen LogP contribution in [0.2, 0.25) is 0 Å². The molecule has 0 aliphatic carbocycles. The first kappa shape index (κ1) is 13.4. The third kappa shape index (κ3) is 2.14. The lowest BCUT2D eigenvalue weighted by Gasteiger charge is -2.46. The molecule has 1 amide bonds. The number of nitrogens with zero attached hydrogens (tertiary/aromatic N) is 1. The highest BCUT2D eigenvalue weighted by molar-refractivity contribution is 6.29. The van der Waals surface area contributed by atoms with Crippen molar-refractivity contribution in [1.82, 2.24) is 0 Å². The fraction of sp³-hybridized carbons (Fsp3) is 0.533. The molecule has 1 aromatic rings. The summed E-state index contributed by atoms with van der Waals surface area (Å²) in [5.74, 6) is 0.487. The number of hydrogen-bond donors (Lipinski definition) is 0. The molecule has 18 heavy (non-hydrogen) atoms. The molecule has 0 unspecified atom stereocenters. The summed E-state index contributed by atoms with van der Waals surface area (Å²) >= 11 is 5.76. The number of benzene rings is 1. The third-order valence-corrected chi connectivity index (χ3v) is 3.96. The van der Waals surface area contributed by atoms with Gasteiger partial charge in [0, 0.05) is 11.2 Å². The molecule has 1 heterocycles. The van der Waals surface area contributed by atoms with Crippen LogP contribution in [0.5, 0.6) is 0 Å². The van der Waals surface area contributed by atoms with Gasteiger partial charge in [0.05, 0.1) is 0 Å². The molecular formula is C15H20ClNO. The van der Waals surface area contributed by atoms with E-state index < -0.39 is 0 Å². The maximum Gasteiger partial charge on any atom is 0.242 e. The van der Waals surface area contributed by atoms with E-state index >= 15 is 0 Å². The van der Waals surface area contributed by atoms with Crippen molar-refractivity contribution in [2.75, 3.05) is 10.8 Å². The third-order valence-electron chi connectivity index (χ3n) is 3.73. The molecule has 1 aliphatic heterocycles. The quantitative estimate of drug-likeness (QED) is 0.706. The van der Waals surface area contributed by atoms with Crippen LogP contribution in [0.4, 0.5) is 5.69 Å². The highest BCUT2D eigenvalue weighted by Gasteiger charge is 2.39. The van der Waals surface area contributed by atoms with Crippen LogP contribution in [0.1, 0.15) is 44.2 Å². The number of rotatable bonds is 1. The SMILES string of the molecule is Cc1ccc2c(c1)N(C(=O)CCl)C(C)(C)C[C@@H]2C. The van der Waals surface area contributed by atoms with Crippen LogP contribution in [-0.2, 0) is 4.79 Å². The second-order valence-electron chi connectivity index (χ2n) is 5.84. The van der Waals surface area contributed by atoms with Gasteiger partial charge < -0.3 is 4.90 Å². The summed E-state index contributed by atoms with van der Waals surface area (Å²) in [6.45, 7) is 8.49. The van der Waals surface area contributed by atoms with E-state index in [9.17, 15) is 4.79 Å². The maximum atomic E-state index is 12.2. The molecule has 98 valence electrons. The minimum Gasteiger partial charge on any atom is -0.306 e. The molecule has 1 aromatic carbocycles. The van der Waals surface area contributed by atoms with Crippen molar-refractivity contribution >= 4 is 23.2 Å². The summed E-state index contributed by atoms with van der Waals surface area (Å²) in [7, 11) is 0. The van der Waals surface area contributed by atoms with Gasteiger partial charge in [-0.05, 0) is 50.3 Å². The van der Waals surface area contributed by atoms with E-state index in [1.54, 1.807) is 0 Å². The number of amides is 1. The zero-order chi connectivity index (χ0) is 13.5. The largest absolute Gasteiger partial charge is 0.306 e. The van der Waals surface area contributed by atoms with Gasteiger partial charge in [-0.3, -0.25) is 4.79 Å². The lowest BCUT2D eigenvalue weighted by atomic mass is 9.79. The lowest BCUT2D eigenvalue weighted by Crippen LogP contribution is -2.52. The molecule has 0 saturated carbocycles. The topological polar surface area (TPSA) is 20.3 Å². The standard InChI is InChI=1S/C15H20ClNO/c1-10-5-6-12-11(2)8-15(3,4)17(13(12)7-10)14(18)9-16/h5-7,11H,8-9H2,1-4H3/t11-/m0/s1. The van der Waals surface area contributed by atoms with Crippen LogP contribution in [-0.4, -0.2) is 17.3 Å². The highest BCUT2D eigenvalue weighted by Crippen LogP contribution is 2.43. The minimum absolute atomic E-state index is 0.0135. The Morgan fingerprint density at radius 1 is 1.50 bits per heavy atom. The van der Waals surface area contributed by atoms with Gasteiger partial charge in [-0.1, -0.05) is 19.1 Å². The molecule has 0 saturated heterocycles. The Labute approximate surface area is 114 Å². The van der Waals surface area contributed by atoms with Crippen molar-refractivity contribution in [3.05, 3.63) is 29.3 Å². The summed E-state index contributed by atoms with van der Waals surface area (Å²) in [5, 5.41) is 0. The van der Waals surface area contributed by atoms with Crippen molar-refractivity contribution in [3.63, 3.8) is 0 Å². The average Bonchev–Trinajstić information content (AvgIpc) is 2.26. The molecule has 0 radical (unpaired) electrons. The first-order valence-corrected chi connectivity index (χ1v) is 6.90. The van der Waals surface area contributed by atoms with E-state index in [-0.39, 0.29) is 17.3 Å². The molecule has 2 nitrogen and oxygen atoms in total. The van der Waals surface area contributed by atoms with Crippen molar-refractivity contribution in [3.8, 4) is 0 Å². The van der Waals surface area contributed by atoms with Gasteiger partial charge in [0.1, 0.15) is 5.88 Å². The molecule has 2 rings (SSSR count). The Morgan fingerprint density at radius 3 is 2.78 bits per heavy atom. The summed E-state index contributed by atoms with van der Waals surface area (Å²) in [4.78, 5) is 14.0. The van der Waals surface area contributed by atoms with Crippen molar-refractivity contribution in [1.29, 1.82) is 0 Å². The number of fused-ring (bicyclic) bond motifs is 1. The fourth-order valence-corrected chi connectivity index (χ4v) is 3.19. The Balaban J connectivity index is 2.60. The van der Waals surface area contributed by atoms with E-state index in [0.717, 1.165) is 12.1 Å². The normalized spacial score (nSPS) is 21.6. The zero-order valence-electron chi connectivity index (χ0n) is 11.5. The van der Waals surface area contributed by atoms with Crippen LogP contribution in [0.15, 0.2) is 18.2 Å². The highest BCUT2D eigenvalue weighted by atomic mass is 35.5. The molecule has 0 N–H and O–H groups in total. The van der Waals surface area contributed by atoms with Crippen molar-refractivity contribution in [2.24, 2.45) is 0 Å². The van der Waals surface area contributed by atoms with Gasteiger partial charge in [0.25, 0.3) is 0 Å². The van der Waals surface area contributed by atoms with E-state index in [1.807, 2.05) is 4.90 Å². The molecule has 0 aromatic heterocycles. The Kier molecular flexibility index (Phi) is 3.41. The number of hydrogen-bond acceptors (Lipinski definition) is 1. The monoisotopic (exact) mass is 265 g/mol. The van der Waals surface area contributed by atoms with Gasteiger partial charge in [0.15, 0.2) is 0 Å². The van der Waals surface area contributed by atoms with Gasteiger partial charge in [-0.15, -0.1) is 11.6 Å². The average molecular weight is 266 g/mol. The van der Waals surface area contributed by atoms with Gasteiger partial charge >= 0.3 is 0 Å². The first-order valence-electron chi connectivity index (χ1n) is 6.36. The lowest BCUT2D eigenvalue weighted by molar-refractivity contribution is -0.117. The van der Waals surface area contributed by atoms with E-state index in [2.05, 4.69) is 45.9 Å². The number of anilines is 1. The van der Waals surface area contributed by atoms with Crippen LogP contribution in [0.25, 0.3) is 0 Å². The Morgan fingerprint density at radius 2 is 2.17 bits per heavy atom. The van der Waals surface area contributed by atoms with E-state index in [4.69, 9.17) is 11.6 Å². The van der Waals surface area contributed by atoms with Gasteiger partial charge in [-0.2, -0.15) is 0 Å². The van der Waals surface area contributed by atoms with Crippen LogP contribution < -0.4 is 4.90 Å². The van der Waals surface area contributed by atoms with E-state index in [1.165, 1.54) is 11.1 Å². The fourth-order valence-electron chi connectivity index (χ4n) is 3.07. The molecule has 0 fully saturated rings. The van der Waals surface area contributed by atoms with Crippen LogP contribution in [0.3, 0.4) is 0 Å². The second kappa shape index (κ2) is 4.58. The molecule has 0 spiro atoms. The molecule has 1 atom stereocenters. The number of halogens is 1. The number of carbonyl (C=O) groups is 1. The number of alkyl halides is 1. The predicted molar refractivity (Wildman–Crippen MR) is 76.5 cm³/mol. The van der Waals surface area contributed by atoms with Gasteiger partial charge in [-0.25, -0.2) is 0 Å².